The molecule has 0 saturated heterocycles. The maximum Gasteiger partial charge on any atom is 0.305 e. The minimum absolute atomic E-state index is 0.0296. The minimum Gasteiger partial charge on any atom is -0.633 e. The van der Waals surface area contributed by atoms with E-state index in [4.69, 9.17) is 0 Å². The topological polar surface area (TPSA) is 110 Å². The molecule has 0 bridgehead atoms. The number of nitrogens with one attached hydrogen (secondary N) is 4. The Kier molecular flexibility index (Phi) is 6.05. The van der Waals surface area contributed by atoms with Crippen LogP contribution in [0.3, 0.4) is 0 Å². The third-order valence-electron chi connectivity index (χ3n) is 6.46. The molecule has 0 saturated carbocycles. The Labute approximate surface area is 209 Å². The number of hydrogen-bond donors (Lipinski definition) is 4. The quantitative estimate of drug-likeness (QED) is 0.200. The number of quaternary nitrogens is 1. The van der Waals surface area contributed by atoms with Crippen LogP contribution in [0.25, 0.3) is 20.4 Å². The molecule has 1 aliphatic carbocycles. The van der Waals surface area contributed by atoms with Gasteiger partial charge in [-0.1, -0.05) is 41.7 Å². The van der Waals surface area contributed by atoms with Gasteiger partial charge in [-0.3, -0.25) is 10.1 Å². The lowest BCUT2D eigenvalue weighted by molar-refractivity contribution is -0.879. The number of thiophene rings is 1. The van der Waals surface area contributed by atoms with Crippen molar-refractivity contribution in [2.24, 2.45) is 0 Å². The van der Waals surface area contributed by atoms with Gasteiger partial charge in [-0.15, -0.1) is 11.3 Å². The predicted molar refractivity (Wildman–Crippen MR) is 141 cm³/mol. The van der Waals surface area contributed by atoms with Crippen LogP contribution in [0.1, 0.15) is 22.4 Å². The fourth-order valence-corrected chi connectivity index (χ4v) is 6.75. The number of aromatic amines is 1. The highest BCUT2D eigenvalue weighted by atomic mass is 32.1. The second-order valence-corrected chi connectivity index (χ2v) is 10.9. The van der Waals surface area contributed by atoms with Gasteiger partial charge in [0.05, 0.1) is 21.6 Å². The zero-order valence-corrected chi connectivity index (χ0v) is 20.5. The summed E-state index contributed by atoms with van der Waals surface area (Å²) in [4.78, 5) is 25.6. The van der Waals surface area contributed by atoms with Crippen molar-refractivity contribution in [3.63, 3.8) is 0 Å². The normalized spacial score (nSPS) is 16.4. The number of H-pyrrole nitrogens is 1. The van der Waals surface area contributed by atoms with Crippen molar-refractivity contribution in [1.82, 2.24) is 20.3 Å². The lowest BCUT2D eigenvalue weighted by Crippen LogP contribution is -3.13. The maximum absolute atomic E-state index is 12.9. The van der Waals surface area contributed by atoms with Gasteiger partial charge in [0, 0.05) is 30.0 Å². The molecule has 2 aromatic carbocycles. The Hall–Kier alpha value is -3.15. The molecule has 4 N–H and O–H groups in total. The molecule has 3 aromatic heterocycles. The lowest BCUT2D eigenvalue weighted by atomic mass is 9.92. The summed E-state index contributed by atoms with van der Waals surface area (Å²) in [5.41, 5.74) is 4.14. The Bertz CT molecular complexity index is 1540. The molecule has 6 rings (SSSR count). The third-order valence-corrected chi connectivity index (χ3v) is 8.46. The molecule has 1 aliphatic rings. The molecule has 3 heterocycles. The monoisotopic (exact) mass is 504 g/mol. The summed E-state index contributed by atoms with van der Waals surface area (Å²) < 4.78 is 0.903. The molecule has 0 amide bonds. The summed E-state index contributed by atoms with van der Waals surface area (Å²) in [6.45, 7) is 1.09. The highest BCUT2D eigenvalue weighted by Gasteiger charge is 2.28. The smallest absolute Gasteiger partial charge is 0.305 e. The summed E-state index contributed by atoms with van der Waals surface area (Å²) in [6.07, 6.45) is 4.01. The van der Waals surface area contributed by atoms with Crippen molar-refractivity contribution in [3.8, 4) is 0 Å². The highest BCUT2D eigenvalue weighted by Crippen LogP contribution is 2.38. The van der Waals surface area contributed by atoms with Crippen LogP contribution in [0.15, 0.2) is 59.7 Å². The minimum atomic E-state index is -0.0622. The summed E-state index contributed by atoms with van der Waals surface area (Å²) in [7, 11) is 0. The van der Waals surface area contributed by atoms with Crippen molar-refractivity contribution >= 4 is 54.6 Å². The van der Waals surface area contributed by atoms with E-state index >= 15 is 0 Å². The van der Waals surface area contributed by atoms with E-state index in [0.29, 0.717) is 13.2 Å². The van der Waals surface area contributed by atoms with Gasteiger partial charge in [0.2, 0.25) is 0 Å². The van der Waals surface area contributed by atoms with E-state index in [0.717, 1.165) is 51.2 Å². The molecule has 2 unspecified atom stereocenters. The largest absolute Gasteiger partial charge is 0.633 e. The fourth-order valence-electron chi connectivity index (χ4n) is 4.71. The predicted octanol–water partition coefficient (Wildman–Crippen LogP) is 3.33. The zero-order valence-electron chi connectivity index (χ0n) is 18.8. The Morgan fingerprint density at radius 1 is 1.14 bits per heavy atom. The van der Waals surface area contributed by atoms with Gasteiger partial charge < -0.3 is 20.6 Å². The number of fused-ring (bicyclic) bond motifs is 4. The Balaban J connectivity index is 1.19. The van der Waals surface area contributed by atoms with Crippen molar-refractivity contribution in [2.45, 2.75) is 31.8 Å². The van der Waals surface area contributed by atoms with Crippen molar-refractivity contribution in [3.05, 3.63) is 85.7 Å². The molecule has 0 fully saturated rings. The van der Waals surface area contributed by atoms with Gasteiger partial charge in [-0.05, 0) is 35.7 Å². The molecule has 0 aliphatic heterocycles. The van der Waals surface area contributed by atoms with Crippen LogP contribution in [0, 0.1) is 5.21 Å². The first-order valence-corrected chi connectivity index (χ1v) is 13.2. The second kappa shape index (κ2) is 9.48. The SMILES string of the molecule is O=c1[nH]c2ccc(Nc3ncnc4sc5c(c34)CCC([NH+]([O-])CNCc3ccccc3)C5)cc2s1. The van der Waals surface area contributed by atoms with E-state index < -0.39 is 0 Å². The van der Waals surface area contributed by atoms with Crippen molar-refractivity contribution in [2.75, 3.05) is 12.0 Å². The maximum atomic E-state index is 12.9. The third kappa shape index (κ3) is 4.58. The van der Waals surface area contributed by atoms with Crippen LogP contribution < -0.4 is 20.6 Å². The summed E-state index contributed by atoms with van der Waals surface area (Å²) >= 11 is 2.86. The van der Waals surface area contributed by atoms with Crippen LogP contribution in [0.5, 0.6) is 0 Å². The van der Waals surface area contributed by atoms with E-state index in [1.165, 1.54) is 27.3 Å². The number of rotatable bonds is 7. The molecule has 10 heteroatoms. The Morgan fingerprint density at radius 3 is 2.91 bits per heavy atom. The fraction of sp³-hybridized carbons (Fsp3) is 0.240. The van der Waals surface area contributed by atoms with E-state index in [2.05, 4.69) is 37.7 Å². The number of hydrogen-bond acceptors (Lipinski definition) is 8. The van der Waals surface area contributed by atoms with Crippen molar-refractivity contribution < 1.29 is 5.06 Å². The van der Waals surface area contributed by atoms with E-state index in [1.807, 2.05) is 36.4 Å². The average Bonchev–Trinajstić information content (AvgIpc) is 3.43. The van der Waals surface area contributed by atoms with Gasteiger partial charge in [-0.2, -0.15) is 0 Å². The summed E-state index contributed by atoms with van der Waals surface area (Å²) in [5, 5.41) is 21.0. The van der Waals surface area contributed by atoms with Crippen LogP contribution >= 0.6 is 22.7 Å². The molecular formula is C25H24N6O2S2. The average molecular weight is 505 g/mol. The van der Waals surface area contributed by atoms with Gasteiger partial charge in [0.25, 0.3) is 0 Å². The van der Waals surface area contributed by atoms with Gasteiger partial charge in [-0.25, -0.2) is 9.97 Å². The molecule has 35 heavy (non-hydrogen) atoms. The van der Waals surface area contributed by atoms with Crippen LogP contribution in [-0.2, 0) is 19.4 Å². The Morgan fingerprint density at radius 2 is 2.03 bits per heavy atom. The number of hydroxylamine groups is 2. The zero-order chi connectivity index (χ0) is 23.8. The molecule has 178 valence electrons. The molecule has 0 spiro atoms. The van der Waals surface area contributed by atoms with Gasteiger partial charge >= 0.3 is 4.87 Å². The lowest BCUT2D eigenvalue weighted by Gasteiger charge is -2.34. The highest BCUT2D eigenvalue weighted by molar-refractivity contribution is 7.19. The first-order chi connectivity index (χ1) is 17.1. The molecule has 5 aromatic rings. The molecule has 8 nitrogen and oxygen atoms in total. The van der Waals surface area contributed by atoms with E-state index in [1.54, 1.807) is 17.7 Å². The number of thiazole rings is 1. The van der Waals surface area contributed by atoms with E-state index in [9.17, 15) is 10.0 Å². The first kappa shape index (κ1) is 22.3. The van der Waals surface area contributed by atoms with Gasteiger partial charge in [0.15, 0.2) is 0 Å². The standard InChI is InChI=1S/C25H24N6O2S2/c32-25-30-19-9-6-16(10-21(19)35-25)29-23-22-18-8-7-17(11-20(18)34-24(22)28-13-27-23)31(33)14-26-12-15-4-2-1-3-5-15/h1-6,9-10,13,17,26,31H,7-8,11-12,14H2,(H,30,32)(H,27,28,29). The first-order valence-electron chi connectivity index (χ1n) is 11.6. The number of benzene rings is 2. The van der Waals surface area contributed by atoms with Crippen LogP contribution in [0.2, 0.25) is 0 Å². The van der Waals surface area contributed by atoms with Crippen LogP contribution in [-0.4, -0.2) is 27.7 Å². The van der Waals surface area contributed by atoms with E-state index in [-0.39, 0.29) is 16.0 Å². The number of anilines is 2. The number of aryl methyl sites for hydroxylation is 1. The summed E-state index contributed by atoms with van der Waals surface area (Å²) in [6, 6.07) is 16.0. The molecule has 2 atom stereocenters. The number of aromatic nitrogens is 3. The second-order valence-electron chi connectivity index (χ2n) is 8.75. The van der Waals surface area contributed by atoms with Crippen LogP contribution in [0.4, 0.5) is 11.5 Å². The number of nitrogens with zero attached hydrogens (tertiary/aromatic N) is 2. The van der Waals surface area contributed by atoms with Crippen molar-refractivity contribution in [1.29, 1.82) is 0 Å². The van der Waals surface area contributed by atoms with Gasteiger partial charge in [0.1, 0.15) is 23.6 Å². The molecular weight excluding hydrogens is 480 g/mol. The molecule has 0 radical (unpaired) electrons. The summed E-state index contributed by atoms with van der Waals surface area (Å²) in [5.74, 6) is 0.768.